The number of allylic oxidation sites excluding steroid dienone is 1. The highest BCUT2D eigenvalue weighted by Gasteiger charge is 1.85. The van der Waals surface area contributed by atoms with Crippen molar-refractivity contribution >= 4 is 6.34 Å². The lowest BCUT2D eigenvalue weighted by Gasteiger charge is -2.02. The van der Waals surface area contributed by atoms with Crippen molar-refractivity contribution in [2.75, 3.05) is 6.54 Å². The van der Waals surface area contributed by atoms with Gasteiger partial charge in [0.15, 0.2) is 0 Å². The number of hydrogen-bond acceptors (Lipinski definition) is 1. The van der Waals surface area contributed by atoms with Gasteiger partial charge in [-0.15, -0.1) is 6.58 Å². The Morgan fingerprint density at radius 2 is 2.36 bits per heavy atom. The van der Waals surface area contributed by atoms with Gasteiger partial charge in [0, 0.05) is 6.04 Å². The highest BCUT2D eigenvalue weighted by atomic mass is 15.0. The Balaban J connectivity index is 3.36. The van der Waals surface area contributed by atoms with E-state index in [2.05, 4.69) is 16.9 Å². The van der Waals surface area contributed by atoms with Crippen molar-refractivity contribution in [3.63, 3.8) is 0 Å². The van der Waals surface area contributed by atoms with E-state index in [4.69, 9.17) is 0 Å². The van der Waals surface area contributed by atoms with Gasteiger partial charge in [0.05, 0.1) is 12.9 Å². The van der Waals surface area contributed by atoms with E-state index in [1.165, 1.54) is 0 Å². The highest BCUT2D eigenvalue weighted by molar-refractivity contribution is 5.55. The lowest BCUT2D eigenvalue weighted by atomic mass is 10.3. The molecule has 0 radical (unpaired) electrons. The normalized spacial score (nSPS) is 14.0. The Kier molecular flexibility index (Phi) is 6.39. The van der Waals surface area contributed by atoms with Crippen LogP contribution in [0.5, 0.6) is 0 Å². The Morgan fingerprint density at radius 3 is 2.91 bits per heavy atom. The molecule has 2 nitrogen and oxygen atoms in total. The minimum Gasteiger partial charge on any atom is -0.371 e. The van der Waals surface area contributed by atoms with Gasteiger partial charge in [0.2, 0.25) is 0 Å². The van der Waals surface area contributed by atoms with Crippen LogP contribution in [0.15, 0.2) is 29.8 Å². The summed E-state index contributed by atoms with van der Waals surface area (Å²) in [5, 5.41) is 3.05. The molecule has 2 heteroatoms. The van der Waals surface area contributed by atoms with Crippen molar-refractivity contribution in [3.05, 3.63) is 24.8 Å². The van der Waals surface area contributed by atoms with Crippen LogP contribution >= 0.6 is 0 Å². The summed E-state index contributed by atoms with van der Waals surface area (Å²) in [6.07, 6.45) is 7.53. The molecule has 0 bridgehead atoms. The maximum Gasteiger partial charge on any atom is 0.0832 e. The molecule has 0 saturated carbocycles. The quantitative estimate of drug-likeness (QED) is 0.362. The number of aliphatic imine (C=N–C) groups is 1. The van der Waals surface area contributed by atoms with Crippen LogP contribution < -0.4 is 5.32 Å². The molecule has 0 aromatic carbocycles. The lowest BCUT2D eigenvalue weighted by Crippen LogP contribution is -2.21. The Hall–Kier alpha value is -1.05. The number of hydrogen-bond donors (Lipinski definition) is 1. The van der Waals surface area contributed by atoms with E-state index in [-0.39, 0.29) is 0 Å². The molecule has 0 aliphatic rings. The van der Waals surface area contributed by atoms with Crippen molar-refractivity contribution in [2.24, 2.45) is 4.99 Å². The van der Waals surface area contributed by atoms with Gasteiger partial charge in [-0.05, 0) is 13.8 Å². The average molecular weight is 152 g/mol. The fourth-order valence-electron chi connectivity index (χ4n) is 0.457. The predicted molar refractivity (Wildman–Crippen MR) is 51.0 cm³/mol. The zero-order chi connectivity index (χ0) is 8.53. The van der Waals surface area contributed by atoms with Gasteiger partial charge >= 0.3 is 0 Å². The molecule has 62 valence electrons. The van der Waals surface area contributed by atoms with Gasteiger partial charge in [-0.25, -0.2) is 0 Å². The summed E-state index contributed by atoms with van der Waals surface area (Å²) in [4.78, 5) is 4.08. The van der Waals surface area contributed by atoms with E-state index >= 15 is 0 Å². The Bertz CT molecular complexity index is 148. The zero-order valence-electron chi connectivity index (χ0n) is 7.25. The highest BCUT2D eigenvalue weighted by Crippen LogP contribution is 1.77. The first-order valence-electron chi connectivity index (χ1n) is 3.79. The number of nitrogens with zero attached hydrogens (tertiary/aromatic N) is 1. The molecule has 1 N–H and O–H groups in total. The van der Waals surface area contributed by atoms with Crippen LogP contribution in [-0.4, -0.2) is 18.9 Å². The van der Waals surface area contributed by atoms with Gasteiger partial charge < -0.3 is 5.32 Å². The van der Waals surface area contributed by atoms with E-state index in [9.17, 15) is 0 Å². The zero-order valence-corrected chi connectivity index (χ0v) is 7.25. The third-order valence-electron chi connectivity index (χ3n) is 1.23. The first-order chi connectivity index (χ1) is 5.31. The summed E-state index contributed by atoms with van der Waals surface area (Å²) in [7, 11) is 0. The van der Waals surface area contributed by atoms with Crippen LogP contribution in [0.2, 0.25) is 0 Å². The molecule has 0 rings (SSSR count). The number of nitrogens with one attached hydrogen (secondary N) is 1. The van der Waals surface area contributed by atoms with Gasteiger partial charge in [-0.2, -0.15) is 0 Å². The van der Waals surface area contributed by atoms with Crippen molar-refractivity contribution in [3.8, 4) is 0 Å². The van der Waals surface area contributed by atoms with Gasteiger partial charge in [0.25, 0.3) is 0 Å². The van der Waals surface area contributed by atoms with E-state index in [0.717, 1.165) is 6.54 Å². The third kappa shape index (κ3) is 6.84. The summed E-state index contributed by atoms with van der Waals surface area (Å²) >= 11 is 0. The van der Waals surface area contributed by atoms with Gasteiger partial charge in [-0.3, -0.25) is 4.99 Å². The van der Waals surface area contributed by atoms with E-state index in [1.54, 1.807) is 6.34 Å². The van der Waals surface area contributed by atoms with Gasteiger partial charge in [0.1, 0.15) is 0 Å². The topological polar surface area (TPSA) is 24.4 Å². The van der Waals surface area contributed by atoms with Crippen LogP contribution in [0.3, 0.4) is 0 Å². The summed E-state index contributed by atoms with van der Waals surface area (Å²) in [6, 6.07) is 0.296. The van der Waals surface area contributed by atoms with Crippen molar-refractivity contribution in [1.82, 2.24) is 5.32 Å². The minimum atomic E-state index is 0.296. The molecule has 0 aliphatic carbocycles. The van der Waals surface area contributed by atoms with Crippen molar-refractivity contribution in [1.29, 1.82) is 0 Å². The van der Waals surface area contributed by atoms with Crippen LogP contribution in [0.4, 0.5) is 0 Å². The maximum absolute atomic E-state index is 4.08. The molecule has 0 aromatic heterocycles. The molecule has 1 unspecified atom stereocenters. The third-order valence-corrected chi connectivity index (χ3v) is 1.23. The van der Waals surface area contributed by atoms with Crippen molar-refractivity contribution < 1.29 is 0 Å². The SMILES string of the molecule is C=CC(C)NC=NC/C=C\C. The molecular formula is C9H16N2. The van der Waals surface area contributed by atoms with E-state index in [1.807, 2.05) is 32.1 Å². The molecular weight excluding hydrogens is 136 g/mol. The fraction of sp³-hybridized carbons (Fsp3) is 0.444. The Morgan fingerprint density at radius 1 is 1.64 bits per heavy atom. The molecule has 0 spiro atoms. The Labute approximate surface area is 68.7 Å². The first-order valence-corrected chi connectivity index (χ1v) is 3.79. The molecule has 0 amide bonds. The smallest absolute Gasteiger partial charge is 0.0832 e. The fourth-order valence-corrected chi connectivity index (χ4v) is 0.457. The molecule has 0 heterocycles. The predicted octanol–water partition coefficient (Wildman–Crippen LogP) is 1.75. The van der Waals surface area contributed by atoms with E-state index in [0.29, 0.717) is 6.04 Å². The molecule has 0 fully saturated rings. The summed E-state index contributed by atoms with van der Waals surface area (Å²) < 4.78 is 0. The monoisotopic (exact) mass is 152 g/mol. The summed E-state index contributed by atoms with van der Waals surface area (Å²) in [6.45, 7) is 8.38. The molecule has 0 saturated heterocycles. The second kappa shape index (κ2) is 7.06. The van der Waals surface area contributed by atoms with Gasteiger partial charge in [-0.1, -0.05) is 18.2 Å². The second-order valence-corrected chi connectivity index (χ2v) is 2.25. The summed E-state index contributed by atoms with van der Waals surface area (Å²) in [5.41, 5.74) is 0. The second-order valence-electron chi connectivity index (χ2n) is 2.25. The maximum atomic E-state index is 4.08. The standard InChI is InChI=1S/C9H16N2/c1-4-6-7-10-8-11-9(3)5-2/h4-6,8-9H,2,7H2,1,3H3,(H,10,11)/b6-4-. The largest absolute Gasteiger partial charge is 0.371 e. The molecule has 11 heavy (non-hydrogen) atoms. The molecule has 0 aromatic rings. The number of rotatable bonds is 5. The van der Waals surface area contributed by atoms with E-state index < -0.39 is 0 Å². The lowest BCUT2D eigenvalue weighted by molar-refractivity contribution is 0.818. The van der Waals surface area contributed by atoms with Crippen LogP contribution in [0, 0.1) is 0 Å². The average Bonchev–Trinajstić information content (AvgIpc) is 2.04. The molecule has 0 aliphatic heterocycles. The van der Waals surface area contributed by atoms with Crippen molar-refractivity contribution in [2.45, 2.75) is 19.9 Å². The minimum absolute atomic E-state index is 0.296. The molecule has 1 atom stereocenters. The summed E-state index contributed by atoms with van der Waals surface area (Å²) in [5.74, 6) is 0. The first kappa shape index (κ1) is 9.95. The van der Waals surface area contributed by atoms with Crippen LogP contribution in [-0.2, 0) is 0 Å². The van der Waals surface area contributed by atoms with Crippen LogP contribution in [0.1, 0.15) is 13.8 Å². The van der Waals surface area contributed by atoms with Crippen LogP contribution in [0.25, 0.3) is 0 Å².